The minimum Gasteiger partial charge on any atom is -0.394 e. The molecule has 2 N–H and O–H groups in total. The maximum Gasteiger partial charge on any atom is 0.0626 e. The molecule has 2 atom stereocenters. The molecule has 2 aromatic rings. The van der Waals surface area contributed by atoms with Crippen LogP contribution < -0.4 is 5.32 Å². The van der Waals surface area contributed by atoms with Crippen LogP contribution in [-0.4, -0.2) is 11.7 Å². The lowest BCUT2D eigenvalue weighted by Gasteiger charge is -2.25. The fourth-order valence-corrected chi connectivity index (χ4v) is 2.86. The molecule has 0 amide bonds. The van der Waals surface area contributed by atoms with E-state index in [1.165, 1.54) is 24.0 Å². The van der Waals surface area contributed by atoms with Gasteiger partial charge in [-0.2, -0.15) is 0 Å². The molecule has 0 bridgehead atoms. The minimum absolute atomic E-state index is 0.00176. The van der Waals surface area contributed by atoms with E-state index in [4.69, 9.17) is 0 Å². The fourth-order valence-electron chi connectivity index (χ4n) is 2.86. The second-order valence-corrected chi connectivity index (χ2v) is 6.04. The predicted molar refractivity (Wildman–Crippen MR) is 86.0 cm³/mol. The van der Waals surface area contributed by atoms with Gasteiger partial charge >= 0.3 is 0 Å². The maximum atomic E-state index is 9.76. The van der Waals surface area contributed by atoms with Crippen molar-refractivity contribution >= 4 is 0 Å². The van der Waals surface area contributed by atoms with Crippen LogP contribution >= 0.6 is 0 Å². The van der Waals surface area contributed by atoms with Gasteiger partial charge in [-0.15, -0.1) is 0 Å². The number of hydrogen-bond acceptors (Lipinski definition) is 2. The molecule has 2 nitrogen and oxygen atoms in total. The summed E-state index contributed by atoms with van der Waals surface area (Å²) in [5.74, 6) is 0.700. The molecule has 1 saturated carbocycles. The molecular weight excluding hydrogens is 258 g/mol. The molecule has 2 aromatic carbocycles. The minimum atomic E-state index is -0.00176. The lowest BCUT2D eigenvalue weighted by atomic mass is 9.98. The number of hydrogen-bond donors (Lipinski definition) is 2. The molecule has 0 saturated heterocycles. The molecule has 21 heavy (non-hydrogen) atoms. The zero-order valence-electron chi connectivity index (χ0n) is 12.5. The summed E-state index contributed by atoms with van der Waals surface area (Å²) in [6, 6.07) is 19.3. The van der Waals surface area contributed by atoms with Gasteiger partial charge in [-0.3, -0.25) is 0 Å². The average molecular weight is 281 g/mol. The second-order valence-electron chi connectivity index (χ2n) is 6.04. The smallest absolute Gasteiger partial charge is 0.0626 e. The first kappa shape index (κ1) is 14.3. The third kappa shape index (κ3) is 3.52. The highest BCUT2D eigenvalue weighted by atomic mass is 16.3. The third-order valence-electron chi connectivity index (χ3n) is 4.30. The Bertz CT molecular complexity index is 560. The summed E-state index contributed by atoms with van der Waals surface area (Å²) in [6.07, 6.45) is 2.55. The highest BCUT2D eigenvalue weighted by molar-refractivity contribution is 5.27. The van der Waals surface area contributed by atoms with E-state index >= 15 is 0 Å². The van der Waals surface area contributed by atoms with E-state index in [1.807, 2.05) is 18.2 Å². The Kier molecular flexibility index (Phi) is 4.37. The van der Waals surface area contributed by atoms with Gasteiger partial charge in [0.25, 0.3) is 0 Å². The van der Waals surface area contributed by atoms with E-state index in [-0.39, 0.29) is 12.6 Å². The number of aliphatic hydroxyl groups excluding tert-OH is 1. The summed E-state index contributed by atoms with van der Waals surface area (Å²) in [5.41, 5.74) is 3.77. The van der Waals surface area contributed by atoms with Gasteiger partial charge in [-0.25, -0.2) is 0 Å². The van der Waals surface area contributed by atoms with E-state index in [0.717, 1.165) is 5.56 Å². The molecule has 3 rings (SSSR count). The molecule has 1 aliphatic rings. The van der Waals surface area contributed by atoms with Gasteiger partial charge in [-0.05, 0) is 36.8 Å². The van der Waals surface area contributed by atoms with Crippen LogP contribution in [-0.2, 0) is 0 Å². The van der Waals surface area contributed by atoms with Crippen molar-refractivity contribution in [3.05, 3.63) is 71.3 Å². The zero-order chi connectivity index (χ0) is 14.7. The number of aryl methyl sites for hydroxylation is 1. The highest BCUT2D eigenvalue weighted by Gasteiger charge is 2.33. The van der Waals surface area contributed by atoms with Crippen molar-refractivity contribution in [3.63, 3.8) is 0 Å². The normalized spacial score (nSPS) is 17.4. The average Bonchev–Trinajstić information content (AvgIpc) is 3.35. The zero-order valence-corrected chi connectivity index (χ0v) is 12.5. The van der Waals surface area contributed by atoms with Crippen LogP contribution in [0.15, 0.2) is 54.6 Å². The van der Waals surface area contributed by atoms with Gasteiger partial charge < -0.3 is 10.4 Å². The maximum absolute atomic E-state index is 9.76. The first-order chi connectivity index (χ1) is 10.3. The number of rotatable bonds is 6. The first-order valence-electron chi connectivity index (χ1n) is 7.76. The van der Waals surface area contributed by atoms with Crippen molar-refractivity contribution in [2.75, 3.05) is 6.61 Å². The summed E-state index contributed by atoms with van der Waals surface area (Å²) in [4.78, 5) is 0. The van der Waals surface area contributed by atoms with Crippen molar-refractivity contribution in [3.8, 4) is 0 Å². The van der Waals surface area contributed by atoms with Gasteiger partial charge in [0.2, 0.25) is 0 Å². The van der Waals surface area contributed by atoms with Crippen LogP contribution in [0.5, 0.6) is 0 Å². The molecule has 2 heteroatoms. The van der Waals surface area contributed by atoms with Crippen molar-refractivity contribution in [2.45, 2.75) is 31.8 Å². The van der Waals surface area contributed by atoms with Crippen molar-refractivity contribution in [1.82, 2.24) is 5.32 Å². The SMILES string of the molecule is Cc1ccc(C(N[C@H](CO)c2ccccc2)C2CC2)cc1. The van der Waals surface area contributed by atoms with Crippen LogP contribution in [0, 0.1) is 12.8 Å². The van der Waals surface area contributed by atoms with Crippen LogP contribution in [0.25, 0.3) is 0 Å². The topological polar surface area (TPSA) is 32.3 Å². The van der Waals surface area contributed by atoms with Crippen LogP contribution in [0.3, 0.4) is 0 Å². The van der Waals surface area contributed by atoms with E-state index in [1.54, 1.807) is 0 Å². The lowest BCUT2D eigenvalue weighted by Crippen LogP contribution is -2.30. The summed E-state index contributed by atoms with van der Waals surface area (Å²) in [6.45, 7) is 2.24. The number of nitrogens with one attached hydrogen (secondary N) is 1. The Balaban J connectivity index is 1.80. The van der Waals surface area contributed by atoms with Gasteiger partial charge in [0.05, 0.1) is 12.6 Å². The van der Waals surface area contributed by atoms with Crippen LogP contribution in [0.2, 0.25) is 0 Å². The van der Waals surface area contributed by atoms with Gasteiger partial charge in [0.15, 0.2) is 0 Å². The van der Waals surface area contributed by atoms with Crippen LogP contribution in [0.4, 0.5) is 0 Å². The largest absolute Gasteiger partial charge is 0.394 e. The summed E-state index contributed by atoms with van der Waals surface area (Å²) >= 11 is 0. The monoisotopic (exact) mass is 281 g/mol. The van der Waals surface area contributed by atoms with Gasteiger partial charge in [0.1, 0.15) is 0 Å². The van der Waals surface area contributed by atoms with Gasteiger partial charge in [0, 0.05) is 6.04 Å². The Morgan fingerprint density at radius 3 is 2.24 bits per heavy atom. The molecule has 0 aromatic heterocycles. The molecule has 110 valence electrons. The molecule has 1 aliphatic carbocycles. The van der Waals surface area contributed by atoms with Crippen LogP contribution in [0.1, 0.15) is 41.6 Å². The quantitative estimate of drug-likeness (QED) is 0.845. The van der Waals surface area contributed by atoms with Crippen molar-refractivity contribution in [1.29, 1.82) is 0 Å². The van der Waals surface area contributed by atoms with E-state index in [2.05, 4.69) is 48.6 Å². The van der Waals surface area contributed by atoms with Crippen molar-refractivity contribution in [2.24, 2.45) is 5.92 Å². The first-order valence-corrected chi connectivity index (χ1v) is 7.76. The van der Waals surface area contributed by atoms with E-state index in [0.29, 0.717) is 12.0 Å². The molecule has 0 heterocycles. The van der Waals surface area contributed by atoms with Crippen molar-refractivity contribution < 1.29 is 5.11 Å². The molecule has 0 radical (unpaired) electrons. The molecule has 1 unspecified atom stereocenters. The molecular formula is C19H23NO. The third-order valence-corrected chi connectivity index (χ3v) is 4.30. The predicted octanol–water partition coefficient (Wildman–Crippen LogP) is 3.77. The summed E-state index contributed by atoms with van der Waals surface area (Å²) in [7, 11) is 0. The lowest BCUT2D eigenvalue weighted by molar-refractivity contribution is 0.228. The Morgan fingerprint density at radius 2 is 1.67 bits per heavy atom. The highest BCUT2D eigenvalue weighted by Crippen LogP contribution is 2.42. The molecule has 0 spiro atoms. The summed E-state index contributed by atoms with van der Waals surface area (Å²) < 4.78 is 0. The Labute approximate surface area is 126 Å². The summed E-state index contributed by atoms with van der Waals surface area (Å²) in [5, 5.41) is 13.4. The number of aliphatic hydroxyl groups is 1. The molecule has 0 aliphatic heterocycles. The van der Waals surface area contributed by atoms with Gasteiger partial charge in [-0.1, -0.05) is 60.2 Å². The standard InChI is InChI=1S/C19H23NO/c1-14-7-9-16(10-8-14)19(17-11-12-17)20-18(13-21)15-5-3-2-4-6-15/h2-10,17-21H,11-13H2,1H3/t18-,19?/m1/s1. The second kappa shape index (κ2) is 6.42. The number of benzene rings is 2. The fraction of sp³-hybridized carbons (Fsp3) is 0.368. The molecule has 1 fully saturated rings. The Hall–Kier alpha value is -1.64. The van der Waals surface area contributed by atoms with E-state index < -0.39 is 0 Å². The Morgan fingerprint density at radius 1 is 1.00 bits per heavy atom. The van der Waals surface area contributed by atoms with E-state index in [9.17, 15) is 5.11 Å².